The van der Waals surface area contributed by atoms with Crippen molar-refractivity contribution in [2.24, 2.45) is 5.73 Å². The summed E-state index contributed by atoms with van der Waals surface area (Å²) in [6.07, 6.45) is -8.46. The van der Waals surface area contributed by atoms with E-state index in [0.717, 1.165) is 6.07 Å². The molecule has 0 amide bonds. The zero-order valence-electron chi connectivity index (χ0n) is 15.1. The van der Waals surface area contributed by atoms with Crippen LogP contribution in [0.5, 0.6) is 0 Å². The number of nitrogens with one attached hydrogen (secondary N) is 1. The fourth-order valence-electron chi connectivity index (χ4n) is 2.94. The van der Waals surface area contributed by atoms with Crippen molar-refractivity contribution in [1.82, 2.24) is 4.98 Å². The molecule has 2 aromatic carbocycles. The molecule has 0 bridgehead atoms. The summed E-state index contributed by atoms with van der Waals surface area (Å²) in [7, 11) is 0. The van der Waals surface area contributed by atoms with Crippen molar-refractivity contribution in [1.29, 1.82) is 5.41 Å². The first-order chi connectivity index (χ1) is 14.1. The molecule has 0 spiro atoms. The van der Waals surface area contributed by atoms with Crippen LogP contribution in [0.4, 0.5) is 22.0 Å². The Morgan fingerprint density at radius 3 is 2.60 bits per heavy atom. The summed E-state index contributed by atoms with van der Waals surface area (Å²) in [5, 5.41) is 7.33. The van der Waals surface area contributed by atoms with Crippen molar-refractivity contribution in [3.05, 3.63) is 52.8 Å². The van der Waals surface area contributed by atoms with E-state index in [9.17, 15) is 22.0 Å². The highest BCUT2D eigenvalue weighted by atomic mass is 35.5. The molecule has 1 heterocycles. The molecule has 0 saturated carbocycles. The maximum Gasteiger partial charge on any atom is 0.425 e. The lowest BCUT2D eigenvalue weighted by atomic mass is 9.92. The number of nitrogens with two attached hydrogens (primary N) is 1. The largest absolute Gasteiger partial charge is 0.453 e. The van der Waals surface area contributed by atoms with Crippen LogP contribution >= 0.6 is 11.6 Å². The molecule has 11 heteroatoms. The third-order valence-electron chi connectivity index (χ3n) is 4.35. The Kier molecular flexibility index (Phi) is 6.16. The Hall–Kier alpha value is -2.88. The van der Waals surface area contributed by atoms with Gasteiger partial charge in [-0.3, -0.25) is 9.80 Å². The van der Waals surface area contributed by atoms with Crippen molar-refractivity contribution in [2.45, 2.75) is 24.6 Å². The third kappa shape index (κ3) is 4.81. The first-order valence-electron chi connectivity index (χ1n) is 8.57. The second-order valence-electron chi connectivity index (χ2n) is 6.47. The average Bonchev–Trinajstić information content (AvgIpc) is 3.07. The van der Waals surface area contributed by atoms with Crippen LogP contribution in [0, 0.1) is 11.2 Å². The Morgan fingerprint density at radius 1 is 1.23 bits per heavy atom. The van der Waals surface area contributed by atoms with E-state index in [1.165, 1.54) is 18.2 Å². The van der Waals surface area contributed by atoms with Crippen LogP contribution in [0.3, 0.4) is 0 Å². The highest BCUT2D eigenvalue weighted by Crippen LogP contribution is 2.35. The van der Waals surface area contributed by atoms with Crippen molar-refractivity contribution in [3.63, 3.8) is 0 Å². The monoisotopic (exact) mass is 447 g/mol. The molecule has 3 rings (SSSR count). The molecule has 0 fully saturated rings. The number of aromatic nitrogens is 1. The Balaban J connectivity index is 1.96. The number of benzene rings is 2. The Morgan fingerprint density at radius 2 is 1.97 bits per heavy atom. The van der Waals surface area contributed by atoms with Crippen molar-refractivity contribution >= 4 is 28.7 Å². The Bertz CT molecular complexity index is 1070. The third-order valence-corrected chi connectivity index (χ3v) is 4.59. The number of halogens is 6. The van der Waals surface area contributed by atoms with Gasteiger partial charge in [0.2, 0.25) is 5.89 Å². The predicted octanol–water partition coefficient (Wildman–Crippen LogP) is 5.57. The van der Waals surface area contributed by atoms with Gasteiger partial charge >= 0.3 is 6.18 Å². The van der Waals surface area contributed by atoms with E-state index in [2.05, 4.69) is 9.72 Å². The van der Waals surface area contributed by atoms with Gasteiger partial charge in [-0.05, 0) is 35.9 Å². The fraction of sp³-hybridized carbons (Fsp3) is 0.263. The number of nitrogens with zero attached hydrogens (tertiary/aromatic N) is 1. The SMILES string of the molecule is N=C(N)O[C@@H](C[C@@H](CF)c1cc(-c2nc3ccc(Cl)cc3o2)ccc1F)C(F)(F)F. The lowest BCUT2D eigenvalue weighted by Crippen LogP contribution is -2.37. The highest BCUT2D eigenvalue weighted by molar-refractivity contribution is 6.31. The molecule has 5 nitrogen and oxygen atoms in total. The fourth-order valence-corrected chi connectivity index (χ4v) is 3.11. The van der Waals surface area contributed by atoms with E-state index in [1.807, 2.05) is 0 Å². The van der Waals surface area contributed by atoms with Gasteiger partial charge in [0.1, 0.15) is 11.3 Å². The van der Waals surface area contributed by atoms with Gasteiger partial charge in [-0.1, -0.05) is 11.6 Å². The summed E-state index contributed by atoms with van der Waals surface area (Å²) < 4.78 is 77.3. The van der Waals surface area contributed by atoms with Crippen molar-refractivity contribution < 1.29 is 31.1 Å². The summed E-state index contributed by atoms with van der Waals surface area (Å²) in [5.74, 6) is -2.34. The first-order valence-corrected chi connectivity index (χ1v) is 8.95. The molecule has 0 unspecified atom stereocenters. The molecule has 0 saturated heterocycles. The minimum absolute atomic E-state index is 0.0680. The molecule has 1 aromatic heterocycles. The number of hydrogen-bond donors (Lipinski definition) is 2. The van der Waals surface area contributed by atoms with Crippen molar-refractivity contribution in [2.75, 3.05) is 6.67 Å². The van der Waals surface area contributed by atoms with Crippen LogP contribution in [0.1, 0.15) is 17.9 Å². The molecular weight excluding hydrogens is 433 g/mol. The number of hydrogen-bond acceptors (Lipinski definition) is 4. The van der Waals surface area contributed by atoms with Gasteiger partial charge in [0, 0.05) is 29.0 Å². The molecule has 3 N–H and O–H groups in total. The van der Waals surface area contributed by atoms with E-state index in [-0.39, 0.29) is 17.0 Å². The minimum Gasteiger partial charge on any atom is -0.453 e. The molecule has 0 aliphatic heterocycles. The lowest BCUT2D eigenvalue weighted by Gasteiger charge is -2.24. The molecule has 2 atom stereocenters. The van der Waals surface area contributed by atoms with Gasteiger partial charge in [-0.15, -0.1) is 0 Å². The topological polar surface area (TPSA) is 85.1 Å². The normalized spacial score (nSPS) is 13.9. The van der Waals surface area contributed by atoms with E-state index in [0.29, 0.717) is 16.1 Å². The summed E-state index contributed by atoms with van der Waals surface area (Å²) in [6, 6.07) is 7.03. The van der Waals surface area contributed by atoms with E-state index in [4.69, 9.17) is 27.2 Å². The van der Waals surface area contributed by atoms with Gasteiger partial charge in [0.25, 0.3) is 6.02 Å². The standard InChI is InChI=1S/C19H15ClF5N3O2/c20-11-2-4-14-15(7-11)29-17(28-14)9-1-3-13(22)12(5-9)10(8-21)6-16(19(23,24)25)30-18(26)27/h1-5,7,10,16H,6,8H2,(H3,26,27)/t10-,16-/m0/s1. The number of amidine groups is 1. The quantitative estimate of drug-likeness (QED) is 0.294. The first kappa shape index (κ1) is 21.8. The van der Waals surface area contributed by atoms with E-state index < -0.39 is 43.1 Å². The van der Waals surface area contributed by atoms with Crippen LogP contribution in [0.2, 0.25) is 5.02 Å². The number of rotatable bonds is 6. The second-order valence-corrected chi connectivity index (χ2v) is 6.90. The molecule has 30 heavy (non-hydrogen) atoms. The molecule has 0 aliphatic rings. The van der Waals surface area contributed by atoms with Crippen LogP contribution < -0.4 is 5.73 Å². The van der Waals surface area contributed by atoms with Crippen LogP contribution in [0.25, 0.3) is 22.6 Å². The minimum atomic E-state index is -4.92. The Labute approximate surface area is 172 Å². The summed E-state index contributed by atoms with van der Waals surface area (Å²) in [5.41, 5.74) is 5.65. The highest BCUT2D eigenvalue weighted by Gasteiger charge is 2.44. The average molecular weight is 448 g/mol. The maximum atomic E-state index is 14.4. The molecule has 0 aliphatic carbocycles. The number of alkyl halides is 4. The molecule has 3 aromatic rings. The number of ether oxygens (including phenoxy) is 1. The van der Waals surface area contributed by atoms with Gasteiger partial charge in [0.05, 0.1) is 6.67 Å². The maximum absolute atomic E-state index is 14.4. The molecule has 160 valence electrons. The van der Waals surface area contributed by atoms with Crippen LogP contribution in [-0.2, 0) is 4.74 Å². The number of oxazole rings is 1. The van der Waals surface area contributed by atoms with Crippen LogP contribution in [-0.4, -0.2) is 30.0 Å². The van der Waals surface area contributed by atoms with Crippen LogP contribution in [0.15, 0.2) is 40.8 Å². The number of fused-ring (bicyclic) bond motifs is 1. The smallest absolute Gasteiger partial charge is 0.425 e. The summed E-state index contributed by atoms with van der Waals surface area (Å²) in [4.78, 5) is 4.23. The zero-order valence-corrected chi connectivity index (χ0v) is 15.9. The van der Waals surface area contributed by atoms with Crippen molar-refractivity contribution in [3.8, 4) is 11.5 Å². The van der Waals surface area contributed by atoms with Gasteiger partial charge in [-0.25, -0.2) is 9.37 Å². The predicted molar refractivity (Wildman–Crippen MR) is 101 cm³/mol. The van der Waals surface area contributed by atoms with E-state index >= 15 is 0 Å². The lowest BCUT2D eigenvalue weighted by molar-refractivity contribution is -0.202. The summed E-state index contributed by atoms with van der Waals surface area (Å²) in [6.45, 7) is -1.29. The van der Waals surface area contributed by atoms with Gasteiger partial charge in [-0.2, -0.15) is 13.2 Å². The van der Waals surface area contributed by atoms with E-state index in [1.54, 1.807) is 12.1 Å². The molecule has 0 radical (unpaired) electrons. The van der Waals surface area contributed by atoms with Gasteiger partial charge < -0.3 is 14.9 Å². The summed E-state index contributed by atoms with van der Waals surface area (Å²) >= 11 is 5.89. The van der Waals surface area contributed by atoms with Gasteiger partial charge in [0.15, 0.2) is 11.7 Å². The molecular formula is C19H15ClF5N3O2. The second kappa shape index (κ2) is 8.47. The zero-order chi connectivity index (χ0) is 22.1.